The first-order chi connectivity index (χ1) is 8.22. The molecule has 1 aliphatic rings. The van der Waals surface area contributed by atoms with Gasteiger partial charge in [0.25, 0.3) is 0 Å². The normalized spacial score (nSPS) is 15.8. The van der Waals surface area contributed by atoms with Crippen molar-refractivity contribution >= 4 is 22.7 Å². The Bertz CT molecular complexity index is 624. The van der Waals surface area contributed by atoms with E-state index in [-0.39, 0.29) is 11.8 Å². The molecular formula is C11H11N3O3. The highest BCUT2D eigenvalue weighted by Crippen LogP contribution is 2.17. The van der Waals surface area contributed by atoms with Crippen LogP contribution >= 0.6 is 0 Å². The second-order valence-corrected chi connectivity index (χ2v) is 4.07. The van der Waals surface area contributed by atoms with Gasteiger partial charge in [0.05, 0.1) is 11.4 Å². The van der Waals surface area contributed by atoms with Crippen LogP contribution in [-0.4, -0.2) is 24.0 Å². The zero-order valence-corrected chi connectivity index (χ0v) is 8.95. The maximum atomic E-state index is 11.7. The molecule has 6 heteroatoms. The third-order valence-corrected chi connectivity index (χ3v) is 2.84. The van der Waals surface area contributed by atoms with Crippen LogP contribution in [0.4, 0.5) is 5.69 Å². The summed E-state index contributed by atoms with van der Waals surface area (Å²) in [6, 6.07) is 5.05. The van der Waals surface area contributed by atoms with E-state index in [0.29, 0.717) is 16.8 Å². The van der Waals surface area contributed by atoms with Gasteiger partial charge in [0, 0.05) is 18.8 Å². The molecule has 0 aliphatic carbocycles. The number of benzene rings is 1. The van der Waals surface area contributed by atoms with E-state index in [1.54, 1.807) is 18.2 Å². The number of rotatable bonds is 2. The average molecular weight is 233 g/mol. The van der Waals surface area contributed by atoms with Crippen LogP contribution in [0.2, 0.25) is 0 Å². The minimum absolute atomic E-state index is 0.00561. The smallest absolute Gasteiger partial charge is 0.408 e. The largest absolute Gasteiger partial charge is 0.417 e. The summed E-state index contributed by atoms with van der Waals surface area (Å²) >= 11 is 0. The average Bonchev–Trinajstić information content (AvgIpc) is 2.54. The van der Waals surface area contributed by atoms with E-state index in [1.807, 2.05) is 0 Å². The number of hydrogen-bond donors (Lipinski definition) is 3. The van der Waals surface area contributed by atoms with E-state index >= 15 is 0 Å². The number of oxazole rings is 1. The minimum Gasteiger partial charge on any atom is -0.408 e. The summed E-state index contributed by atoms with van der Waals surface area (Å²) in [7, 11) is 0. The summed E-state index contributed by atoms with van der Waals surface area (Å²) in [5, 5.41) is 5.84. The Hall–Kier alpha value is -2.08. The third-order valence-electron chi connectivity index (χ3n) is 2.84. The van der Waals surface area contributed by atoms with Gasteiger partial charge in [0.1, 0.15) is 0 Å². The zero-order valence-electron chi connectivity index (χ0n) is 8.95. The number of fused-ring (bicyclic) bond motifs is 1. The Morgan fingerprint density at radius 3 is 2.94 bits per heavy atom. The highest BCUT2D eigenvalue weighted by atomic mass is 16.4. The molecule has 3 rings (SSSR count). The quantitative estimate of drug-likeness (QED) is 0.695. The number of carbonyl (C=O) groups excluding carboxylic acids is 1. The van der Waals surface area contributed by atoms with Crippen molar-refractivity contribution < 1.29 is 9.21 Å². The molecule has 1 fully saturated rings. The molecule has 0 bridgehead atoms. The monoisotopic (exact) mass is 233 g/mol. The van der Waals surface area contributed by atoms with Gasteiger partial charge in [-0.25, -0.2) is 4.79 Å². The number of hydrogen-bond acceptors (Lipinski definition) is 4. The Balaban J connectivity index is 1.84. The predicted molar refractivity (Wildman–Crippen MR) is 61.8 cm³/mol. The van der Waals surface area contributed by atoms with E-state index in [2.05, 4.69) is 15.6 Å². The molecule has 1 aromatic heterocycles. The first-order valence-corrected chi connectivity index (χ1v) is 5.37. The van der Waals surface area contributed by atoms with Gasteiger partial charge in [-0.15, -0.1) is 0 Å². The lowest BCUT2D eigenvalue weighted by molar-refractivity contribution is -0.121. The van der Waals surface area contributed by atoms with Crippen LogP contribution in [0, 0.1) is 5.92 Å². The van der Waals surface area contributed by atoms with Crippen molar-refractivity contribution in [1.82, 2.24) is 10.3 Å². The van der Waals surface area contributed by atoms with Crippen molar-refractivity contribution in [2.24, 2.45) is 5.92 Å². The summed E-state index contributed by atoms with van der Waals surface area (Å²) in [4.78, 5) is 25.2. The molecule has 1 aromatic carbocycles. The van der Waals surface area contributed by atoms with Crippen LogP contribution in [0.3, 0.4) is 0 Å². The summed E-state index contributed by atoms with van der Waals surface area (Å²) in [6.45, 7) is 1.44. The highest BCUT2D eigenvalue weighted by Gasteiger charge is 2.24. The lowest BCUT2D eigenvalue weighted by atomic mass is 10.0. The molecule has 1 amide bonds. The molecule has 0 unspecified atom stereocenters. The number of H-pyrrole nitrogens is 1. The maximum Gasteiger partial charge on any atom is 0.417 e. The lowest BCUT2D eigenvalue weighted by Crippen LogP contribution is -2.48. The number of amides is 1. The first kappa shape index (κ1) is 10.1. The second kappa shape index (κ2) is 3.74. The summed E-state index contributed by atoms with van der Waals surface area (Å²) in [5.41, 5.74) is 1.73. The topological polar surface area (TPSA) is 87.1 Å². The Kier molecular flexibility index (Phi) is 2.22. The molecule has 3 N–H and O–H groups in total. The minimum atomic E-state index is -0.494. The van der Waals surface area contributed by atoms with Gasteiger partial charge in [-0.3, -0.25) is 9.78 Å². The van der Waals surface area contributed by atoms with Crippen LogP contribution in [0.25, 0.3) is 11.1 Å². The number of aromatic amines is 1. The fourth-order valence-electron chi connectivity index (χ4n) is 1.75. The van der Waals surface area contributed by atoms with Crippen LogP contribution < -0.4 is 16.4 Å². The number of carbonyl (C=O) groups is 1. The third kappa shape index (κ3) is 1.83. The molecule has 0 spiro atoms. The number of nitrogens with one attached hydrogen (secondary N) is 3. The van der Waals surface area contributed by atoms with Crippen LogP contribution in [0.15, 0.2) is 27.4 Å². The molecule has 0 saturated carbocycles. The van der Waals surface area contributed by atoms with Crippen molar-refractivity contribution in [3.8, 4) is 0 Å². The van der Waals surface area contributed by atoms with Crippen molar-refractivity contribution in [2.45, 2.75) is 0 Å². The molecule has 1 aliphatic heterocycles. The molecule has 0 atom stereocenters. The van der Waals surface area contributed by atoms with Gasteiger partial charge >= 0.3 is 5.76 Å². The van der Waals surface area contributed by atoms with Gasteiger partial charge in [-0.05, 0) is 18.2 Å². The van der Waals surface area contributed by atoms with E-state index in [4.69, 9.17) is 4.42 Å². The second-order valence-electron chi connectivity index (χ2n) is 4.07. The summed E-state index contributed by atoms with van der Waals surface area (Å²) in [5.74, 6) is -0.463. The SMILES string of the molecule is O=C(Nc1ccc2oc(=O)[nH]c2c1)C1CNC1. The van der Waals surface area contributed by atoms with Crippen molar-refractivity contribution in [3.63, 3.8) is 0 Å². The predicted octanol–water partition coefficient (Wildman–Crippen LogP) is 0.279. The Morgan fingerprint density at radius 2 is 2.24 bits per heavy atom. The molecule has 2 aromatic rings. The van der Waals surface area contributed by atoms with Crippen molar-refractivity contribution in [1.29, 1.82) is 0 Å². The molecule has 2 heterocycles. The van der Waals surface area contributed by atoms with E-state index in [9.17, 15) is 9.59 Å². The van der Waals surface area contributed by atoms with Crippen molar-refractivity contribution in [3.05, 3.63) is 28.7 Å². The van der Waals surface area contributed by atoms with E-state index in [0.717, 1.165) is 13.1 Å². The molecule has 88 valence electrons. The van der Waals surface area contributed by atoms with Gasteiger partial charge in [-0.1, -0.05) is 0 Å². The molecule has 6 nitrogen and oxygen atoms in total. The molecule has 0 radical (unpaired) electrons. The number of aromatic nitrogens is 1. The zero-order chi connectivity index (χ0) is 11.8. The number of anilines is 1. The highest BCUT2D eigenvalue weighted by molar-refractivity contribution is 5.95. The van der Waals surface area contributed by atoms with Gasteiger partial charge in [0.2, 0.25) is 5.91 Å². The Labute approximate surface area is 96.0 Å². The van der Waals surface area contributed by atoms with E-state index < -0.39 is 5.76 Å². The standard InChI is InChI=1S/C11H11N3O3/c15-10(6-4-12-5-6)13-7-1-2-9-8(3-7)14-11(16)17-9/h1-3,6,12H,4-5H2,(H,13,15)(H,14,16). The summed E-state index contributed by atoms with van der Waals surface area (Å²) in [6.07, 6.45) is 0. The lowest BCUT2D eigenvalue weighted by Gasteiger charge is -2.25. The molecule has 1 saturated heterocycles. The van der Waals surface area contributed by atoms with Gasteiger partial charge in [0.15, 0.2) is 5.58 Å². The van der Waals surface area contributed by atoms with E-state index in [1.165, 1.54) is 0 Å². The first-order valence-electron chi connectivity index (χ1n) is 5.37. The maximum absolute atomic E-state index is 11.7. The van der Waals surface area contributed by atoms with Crippen LogP contribution in [-0.2, 0) is 4.79 Å². The summed E-state index contributed by atoms with van der Waals surface area (Å²) < 4.78 is 4.87. The van der Waals surface area contributed by atoms with Crippen molar-refractivity contribution in [2.75, 3.05) is 18.4 Å². The fourth-order valence-corrected chi connectivity index (χ4v) is 1.75. The molecule has 17 heavy (non-hydrogen) atoms. The fraction of sp³-hybridized carbons (Fsp3) is 0.273. The van der Waals surface area contributed by atoms with Gasteiger partial charge < -0.3 is 15.1 Å². The molecular weight excluding hydrogens is 222 g/mol. The van der Waals surface area contributed by atoms with Crippen LogP contribution in [0.5, 0.6) is 0 Å². The van der Waals surface area contributed by atoms with Gasteiger partial charge in [-0.2, -0.15) is 0 Å². The van der Waals surface area contributed by atoms with Crippen LogP contribution in [0.1, 0.15) is 0 Å². The Morgan fingerprint density at radius 1 is 1.41 bits per heavy atom.